The van der Waals surface area contributed by atoms with Crippen LogP contribution in [-0.2, 0) is 0 Å². The molecule has 0 aliphatic heterocycles. The molecule has 0 radical (unpaired) electrons. The van der Waals surface area contributed by atoms with Crippen LogP contribution in [0, 0.1) is 16.0 Å². The monoisotopic (exact) mass is 275 g/mol. The summed E-state index contributed by atoms with van der Waals surface area (Å²) in [6.07, 6.45) is 0.674. The van der Waals surface area contributed by atoms with Gasteiger partial charge in [-0.15, -0.1) is 0 Å². The van der Waals surface area contributed by atoms with Crippen LogP contribution in [0.25, 0.3) is 10.9 Å². The fourth-order valence-corrected chi connectivity index (χ4v) is 1.90. The molecule has 1 aromatic heterocycles. The maximum absolute atomic E-state index is 11.1. The van der Waals surface area contributed by atoms with Crippen molar-refractivity contribution in [1.82, 2.24) is 4.98 Å². The summed E-state index contributed by atoms with van der Waals surface area (Å²) >= 11 is 0. The van der Waals surface area contributed by atoms with E-state index in [1.54, 1.807) is 18.2 Å². The predicted octanol–water partition coefficient (Wildman–Crippen LogP) is 2.57. The zero-order valence-electron chi connectivity index (χ0n) is 11.4. The summed E-state index contributed by atoms with van der Waals surface area (Å²) in [5.74, 6) is 0.0784. The molecule has 2 rings (SSSR count). The summed E-state index contributed by atoms with van der Waals surface area (Å²) in [6, 6.07) is 7.20. The van der Waals surface area contributed by atoms with E-state index < -0.39 is 11.0 Å². The molecule has 1 atom stereocenters. The predicted molar refractivity (Wildman–Crippen MR) is 77.7 cm³/mol. The molecule has 0 saturated carbocycles. The molecule has 6 nitrogen and oxygen atoms in total. The van der Waals surface area contributed by atoms with Crippen LogP contribution < -0.4 is 5.32 Å². The van der Waals surface area contributed by atoms with Gasteiger partial charge in [-0.25, -0.2) is 4.98 Å². The van der Waals surface area contributed by atoms with Gasteiger partial charge in [-0.05, 0) is 12.0 Å². The highest BCUT2D eigenvalue weighted by molar-refractivity contribution is 5.95. The first-order chi connectivity index (χ1) is 9.50. The molecule has 2 aromatic rings. The number of para-hydroxylation sites is 1. The van der Waals surface area contributed by atoms with Gasteiger partial charge in [0.05, 0.1) is 16.5 Å². The van der Waals surface area contributed by atoms with E-state index in [9.17, 15) is 15.2 Å². The second kappa shape index (κ2) is 5.83. The third-order valence-electron chi connectivity index (χ3n) is 3.21. The van der Waals surface area contributed by atoms with Crippen LogP contribution in [-0.4, -0.2) is 27.7 Å². The molecule has 1 aromatic carbocycles. The number of benzene rings is 1. The Morgan fingerprint density at radius 1 is 1.40 bits per heavy atom. The fourth-order valence-electron chi connectivity index (χ4n) is 1.90. The van der Waals surface area contributed by atoms with Crippen molar-refractivity contribution in [2.75, 3.05) is 11.9 Å². The molecule has 0 aliphatic carbocycles. The summed E-state index contributed by atoms with van der Waals surface area (Å²) in [6.45, 7) is 4.04. The van der Waals surface area contributed by atoms with Crippen LogP contribution in [0.3, 0.4) is 0 Å². The third-order valence-corrected chi connectivity index (χ3v) is 3.21. The van der Waals surface area contributed by atoms with Crippen molar-refractivity contribution < 1.29 is 10.0 Å². The lowest BCUT2D eigenvalue weighted by Gasteiger charge is -2.16. The summed E-state index contributed by atoms with van der Waals surface area (Å²) in [7, 11) is 0. The first-order valence-corrected chi connectivity index (χ1v) is 6.44. The largest absolute Gasteiger partial charge is 0.391 e. The highest BCUT2D eigenvalue weighted by Gasteiger charge is 2.19. The van der Waals surface area contributed by atoms with E-state index in [-0.39, 0.29) is 18.2 Å². The highest BCUT2D eigenvalue weighted by Crippen LogP contribution is 2.31. The Balaban J connectivity index is 2.42. The quantitative estimate of drug-likeness (QED) is 0.646. The molecule has 0 spiro atoms. The summed E-state index contributed by atoms with van der Waals surface area (Å²) in [5, 5.41) is 24.6. The molecule has 1 heterocycles. The van der Waals surface area contributed by atoms with E-state index in [1.165, 1.54) is 6.20 Å². The molecule has 20 heavy (non-hydrogen) atoms. The maximum Gasteiger partial charge on any atom is 0.311 e. The van der Waals surface area contributed by atoms with Crippen LogP contribution in [0.2, 0.25) is 0 Å². The lowest BCUT2D eigenvalue weighted by atomic mass is 10.1. The normalized spacial score (nSPS) is 12.6. The third kappa shape index (κ3) is 2.85. The van der Waals surface area contributed by atoms with E-state index in [2.05, 4.69) is 10.3 Å². The van der Waals surface area contributed by atoms with Gasteiger partial charge in [-0.2, -0.15) is 0 Å². The maximum atomic E-state index is 11.1. The van der Waals surface area contributed by atoms with E-state index in [0.29, 0.717) is 16.6 Å². The molecular weight excluding hydrogens is 258 g/mol. The van der Waals surface area contributed by atoms with Crippen molar-refractivity contribution in [3.05, 3.63) is 40.6 Å². The van der Waals surface area contributed by atoms with Crippen LogP contribution in [0.15, 0.2) is 30.5 Å². The molecule has 0 amide bonds. The van der Waals surface area contributed by atoms with Crippen LogP contribution in [0.1, 0.15) is 13.8 Å². The number of aliphatic hydroxyl groups is 1. The van der Waals surface area contributed by atoms with Crippen molar-refractivity contribution in [1.29, 1.82) is 0 Å². The van der Waals surface area contributed by atoms with Gasteiger partial charge in [-0.3, -0.25) is 10.1 Å². The highest BCUT2D eigenvalue weighted by atomic mass is 16.6. The smallest absolute Gasteiger partial charge is 0.311 e. The minimum Gasteiger partial charge on any atom is -0.391 e. The number of pyridine rings is 1. The zero-order valence-corrected chi connectivity index (χ0v) is 11.4. The summed E-state index contributed by atoms with van der Waals surface area (Å²) in [5.41, 5.74) is 1.000. The number of aliphatic hydroxyl groups excluding tert-OH is 1. The Morgan fingerprint density at radius 3 is 2.75 bits per heavy atom. The molecule has 0 bridgehead atoms. The molecule has 6 heteroatoms. The van der Waals surface area contributed by atoms with Gasteiger partial charge in [0.2, 0.25) is 0 Å². The number of anilines is 1. The Bertz CT molecular complexity index is 628. The minimum absolute atomic E-state index is 0.0784. The van der Waals surface area contributed by atoms with E-state index in [0.717, 1.165) is 0 Å². The average Bonchev–Trinajstić information content (AvgIpc) is 2.43. The number of hydrogen-bond acceptors (Lipinski definition) is 5. The van der Waals surface area contributed by atoms with E-state index in [4.69, 9.17) is 0 Å². The van der Waals surface area contributed by atoms with Crippen LogP contribution >= 0.6 is 0 Å². The molecule has 2 N–H and O–H groups in total. The lowest BCUT2D eigenvalue weighted by Crippen LogP contribution is -2.25. The molecule has 106 valence electrons. The van der Waals surface area contributed by atoms with Crippen molar-refractivity contribution in [3.63, 3.8) is 0 Å². The number of nitrogens with one attached hydrogen (secondary N) is 1. The number of rotatable bonds is 5. The van der Waals surface area contributed by atoms with E-state index >= 15 is 0 Å². The van der Waals surface area contributed by atoms with Gasteiger partial charge in [0.15, 0.2) is 0 Å². The van der Waals surface area contributed by atoms with Gasteiger partial charge in [0, 0.05) is 11.9 Å². The Morgan fingerprint density at radius 2 is 2.10 bits per heavy atom. The average molecular weight is 275 g/mol. The van der Waals surface area contributed by atoms with Gasteiger partial charge in [0.25, 0.3) is 0 Å². The van der Waals surface area contributed by atoms with Gasteiger partial charge < -0.3 is 10.4 Å². The number of aromatic nitrogens is 1. The van der Waals surface area contributed by atoms with Crippen molar-refractivity contribution in [2.24, 2.45) is 5.92 Å². The fraction of sp³-hybridized carbons (Fsp3) is 0.357. The molecule has 1 unspecified atom stereocenters. The molecule has 0 fully saturated rings. The number of nitrogens with zero attached hydrogens (tertiary/aromatic N) is 2. The van der Waals surface area contributed by atoms with Crippen molar-refractivity contribution in [3.8, 4) is 0 Å². The van der Waals surface area contributed by atoms with Gasteiger partial charge in [-0.1, -0.05) is 32.0 Å². The molecular formula is C14H17N3O3. The first-order valence-electron chi connectivity index (χ1n) is 6.44. The van der Waals surface area contributed by atoms with Crippen LogP contribution in [0.5, 0.6) is 0 Å². The van der Waals surface area contributed by atoms with Crippen molar-refractivity contribution >= 4 is 22.3 Å². The number of fused-ring (bicyclic) bond motifs is 1. The Kier molecular flexibility index (Phi) is 4.14. The minimum atomic E-state index is -0.568. The Hall–Kier alpha value is -2.21. The molecule has 0 aliphatic rings. The topological polar surface area (TPSA) is 88.3 Å². The summed E-state index contributed by atoms with van der Waals surface area (Å²) in [4.78, 5) is 14.7. The zero-order chi connectivity index (χ0) is 14.7. The van der Waals surface area contributed by atoms with Gasteiger partial charge >= 0.3 is 5.69 Å². The Labute approximate surface area is 116 Å². The SMILES string of the molecule is CC(C)C(O)CNc1c([N+](=O)[O-])cnc2ccccc12. The first kappa shape index (κ1) is 14.2. The standard InChI is InChI=1S/C14H17N3O3/c1-9(2)13(18)8-16-14-10-5-3-4-6-11(10)15-7-12(14)17(19)20/h3-7,9,13,18H,8H2,1-2H3,(H,15,16). The second-order valence-electron chi connectivity index (χ2n) is 4.98. The number of nitro groups is 1. The number of hydrogen-bond donors (Lipinski definition) is 2. The van der Waals surface area contributed by atoms with Gasteiger partial charge in [0.1, 0.15) is 11.9 Å². The second-order valence-corrected chi connectivity index (χ2v) is 4.98. The molecule has 0 saturated heterocycles. The van der Waals surface area contributed by atoms with E-state index in [1.807, 2.05) is 19.9 Å². The van der Waals surface area contributed by atoms with Crippen LogP contribution in [0.4, 0.5) is 11.4 Å². The lowest BCUT2D eigenvalue weighted by molar-refractivity contribution is -0.384. The van der Waals surface area contributed by atoms with Crippen molar-refractivity contribution in [2.45, 2.75) is 20.0 Å². The summed E-state index contributed by atoms with van der Waals surface area (Å²) < 4.78 is 0.